The lowest BCUT2D eigenvalue weighted by atomic mass is 9.96. The van der Waals surface area contributed by atoms with Crippen molar-refractivity contribution in [2.75, 3.05) is 0 Å². The van der Waals surface area contributed by atoms with E-state index in [1.54, 1.807) is 0 Å². The van der Waals surface area contributed by atoms with Crippen LogP contribution in [0.15, 0.2) is 85.3 Å². The third-order valence-electron chi connectivity index (χ3n) is 7.99. The molecule has 4 aromatic heterocycles. The third kappa shape index (κ3) is 2.15. The molecule has 4 heterocycles. The van der Waals surface area contributed by atoms with Gasteiger partial charge in [-0.3, -0.25) is 9.38 Å². The summed E-state index contributed by atoms with van der Waals surface area (Å²) in [6.45, 7) is 0. The number of pyridine rings is 3. The quantitative estimate of drug-likeness (QED) is 0.243. The van der Waals surface area contributed by atoms with Gasteiger partial charge >= 0.3 is 0 Å². The molecule has 0 unspecified atom stereocenters. The standard InChI is InChI=1S/C31H18N4/c1-2-5-19-17(4-1)12-24-20(19)7-8-21-23-15-27-26(14-18(23)13-25(21)24)22-6-3-10-33-30(22)35-29-9-11-32-16-28(29)34-31(27)35/h1-11,14-16H,12-13H2. The maximum absolute atomic E-state index is 5.02. The average molecular weight is 447 g/mol. The van der Waals surface area contributed by atoms with Gasteiger partial charge in [0.25, 0.3) is 0 Å². The molecule has 0 aliphatic heterocycles. The molecule has 0 saturated carbocycles. The van der Waals surface area contributed by atoms with Gasteiger partial charge in [0, 0.05) is 23.2 Å². The Balaban J connectivity index is 1.38. The van der Waals surface area contributed by atoms with E-state index in [-0.39, 0.29) is 0 Å². The van der Waals surface area contributed by atoms with Gasteiger partial charge < -0.3 is 0 Å². The minimum absolute atomic E-state index is 0.892. The number of fused-ring (bicyclic) bond motifs is 15. The molecule has 35 heavy (non-hydrogen) atoms. The minimum atomic E-state index is 0.892. The number of aromatic nitrogens is 4. The minimum Gasteiger partial charge on any atom is -0.276 e. The molecule has 9 rings (SSSR count). The molecule has 0 fully saturated rings. The first-order valence-corrected chi connectivity index (χ1v) is 12.0. The van der Waals surface area contributed by atoms with Crippen LogP contribution < -0.4 is 0 Å². The topological polar surface area (TPSA) is 43.1 Å². The van der Waals surface area contributed by atoms with E-state index in [4.69, 9.17) is 9.97 Å². The largest absolute Gasteiger partial charge is 0.276 e. The molecule has 0 spiro atoms. The molecule has 0 bridgehead atoms. The van der Waals surface area contributed by atoms with E-state index in [1.165, 1.54) is 49.9 Å². The Kier molecular flexibility index (Phi) is 3.11. The van der Waals surface area contributed by atoms with E-state index in [9.17, 15) is 0 Å². The summed E-state index contributed by atoms with van der Waals surface area (Å²) < 4.78 is 2.19. The Morgan fingerprint density at radius 3 is 2.43 bits per heavy atom. The van der Waals surface area contributed by atoms with Crippen LogP contribution in [0.4, 0.5) is 0 Å². The van der Waals surface area contributed by atoms with E-state index >= 15 is 0 Å². The smallest absolute Gasteiger partial charge is 0.147 e. The van der Waals surface area contributed by atoms with Gasteiger partial charge in [-0.05, 0) is 93.1 Å². The second-order valence-electron chi connectivity index (χ2n) is 9.69. The van der Waals surface area contributed by atoms with Crippen molar-refractivity contribution >= 4 is 38.5 Å². The van der Waals surface area contributed by atoms with Gasteiger partial charge in [0.2, 0.25) is 0 Å². The molecule has 4 nitrogen and oxygen atoms in total. The highest BCUT2D eigenvalue weighted by Gasteiger charge is 2.28. The average Bonchev–Trinajstić information content (AvgIpc) is 3.59. The van der Waals surface area contributed by atoms with Crippen LogP contribution in [0.5, 0.6) is 0 Å². The second kappa shape index (κ2) is 6.10. The van der Waals surface area contributed by atoms with Crippen LogP contribution in [0.25, 0.3) is 60.7 Å². The first-order valence-electron chi connectivity index (χ1n) is 12.0. The van der Waals surface area contributed by atoms with Crippen molar-refractivity contribution in [3.05, 3.63) is 108 Å². The molecule has 7 aromatic rings. The zero-order valence-corrected chi connectivity index (χ0v) is 18.8. The van der Waals surface area contributed by atoms with Crippen LogP contribution in [0.1, 0.15) is 22.3 Å². The van der Waals surface area contributed by atoms with Gasteiger partial charge in [-0.15, -0.1) is 0 Å². The number of rotatable bonds is 0. The summed E-state index contributed by atoms with van der Waals surface area (Å²) in [6, 6.07) is 24.5. The summed E-state index contributed by atoms with van der Waals surface area (Å²) in [4.78, 5) is 14.1. The summed E-state index contributed by atoms with van der Waals surface area (Å²) in [5.41, 5.74) is 15.1. The molecule has 0 saturated heterocycles. The number of hydrogen-bond acceptors (Lipinski definition) is 3. The van der Waals surface area contributed by atoms with E-state index in [1.807, 2.05) is 30.7 Å². The van der Waals surface area contributed by atoms with Crippen molar-refractivity contribution in [1.82, 2.24) is 19.4 Å². The highest BCUT2D eigenvalue weighted by Crippen LogP contribution is 2.48. The molecule has 0 amide bonds. The van der Waals surface area contributed by atoms with Crippen LogP contribution in [0.3, 0.4) is 0 Å². The second-order valence-corrected chi connectivity index (χ2v) is 9.69. The molecule has 4 heteroatoms. The highest BCUT2D eigenvalue weighted by molar-refractivity contribution is 6.14. The maximum atomic E-state index is 5.02. The summed E-state index contributed by atoms with van der Waals surface area (Å²) in [5.74, 6) is 0. The SMILES string of the molecule is c1ccc2c(c1)Cc1c-2ccc2c1Cc1cc3c4cccnc4n4c5ccncc5nc4c3cc1-2. The van der Waals surface area contributed by atoms with E-state index in [0.29, 0.717) is 0 Å². The van der Waals surface area contributed by atoms with E-state index < -0.39 is 0 Å². The van der Waals surface area contributed by atoms with Gasteiger partial charge in [0.05, 0.1) is 11.7 Å². The van der Waals surface area contributed by atoms with Crippen LogP contribution >= 0.6 is 0 Å². The zero-order chi connectivity index (χ0) is 22.7. The van der Waals surface area contributed by atoms with E-state index in [2.05, 4.69) is 64.0 Å². The molecule has 0 N–H and O–H groups in total. The first kappa shape index (κ1) is 17.8. The van der Waals surface area contributed by atoms with Crippen LogP contribution in [-0.2, 0) is 12.8 Å². The highest BCUT2D eigenvalue weighted by atomic mass is 15.1. The molecule has 162 valence electrons. The lowest BCUT2D eigenvalue weighted by Gasteiger charge is -2.11. The zero-order valence-electron chi connectivity index (χ0n) is 18.8. The Labute approximate surface area is 200 Å². The fraction of sp³-hybridized carbons (Fsp3) is 0.0645. The number of nitrogens with zero attached hydrogens (tertiary/aromatic N) is 4. The normalized spacial score (nSPS) is 13.5. The Morgan fingerprint density at radius 1 is 0.629 bits per heavy atom. The third-order valence-corrected chi connectivity index (χ3v) is 7.99. The predicted octanol–water partition coefficient (Wildman–Crippen LogP) is 6.73. The van der Waals surface area contributed by atoms with Gasteiger partial charge in [0.15, 0.2) is 0 Å². The molecule has 0 radical (unpaired) electrons. The van der Waals surface area contributed by atoms with Crippen molar-refractivity contribution in [2.45, 2.75) is 12.8 Å². The van der Waals surface area contributed by atoms with Crippen molar-refractivity contribution in [3.63, 3.8) is 0 Å². The maximum Gasteiger partial charge on any atom is 0.147 e. The van der Waals surface area contributed by atoms with Gasteiger partial charge in [-0.1, -0.05) is 36.4 Å². The lowest BCUT2D eigenvalue weighted by molar-refractivity contribution is 1.16. The van der Waals surface area contributed by atoms with Crippen molar-refractivity contribution in [3.8, 4) is 22.3 Å². The van der Waals surface area contributed by atoms with E-state index in [0.717, 1.165) is 45.9 Å². The van der Waals surface area contributed by atoms with Crippen LogP contribution in [0, 0.1) is 0 Å². The molecule has 0 atom stereocenters. The predicted molar refractivity (Wildman–Crippen MR) is 140 cm³/mol. The number of hydrogen-bond donors (Lipinski definition) is 0. The lowest BCUT2D eigenvalue weighted by Crippen LogP contribution is -1.95. The van der Waals surface area contributed by atoms with Crippen molar-refractivity contribution in [1.29, 1.82) is 0 Å². The van der Waals surface area contributed by atoms with Gasteiger partial charge in [-0.25, -0.2) is 9.97 Å². The summed E-state index contributed by atoms with van der Waals surface area (Å²) in [6.07, 6.45) is 7.54. The van der Waals surface area contributed by atoms with Crippen molar-refractivity contribution < 1.29 is 0 Å². The molecule has 2 aliphatic rings. The summed E-state index contributed by atoms with van der Waals surface area (Å²) in [5, 5.41) is 3.54. The molecular formula is C31H18N4. The van der Waals surface area contributed by atoms with Gasteiger partial charge in [-0.2, -0.15) is 0 Å². The monoisotopic (exact) mass is 446 g/mol. The number of imidazole rings is 1. The Morgan fingerprint density at radius 2 is 1.49 bits per heavy atom. The number of benzene rings is 3. The first-order chi connectivity index (χ1) is 17.3. The molecule has 2 aliphatic carbocycles. The molecule has 3 aromatic carbocycles. The van der Waals surface area contributed by atoms with Crippen LogP contribution in [-0.4, -0.2) is 19.4 Å². The Bertz CT molecular complexity index is 2070. The van der Waals surface area contributed by atoms with Crippen molar-refractivity contribution in [2.24, 2.45) is 0 Å². The Hall–Kier alpha value is -4.57. The fourth-order valence-electron chi connectivity index (χ4n) is 6.48. The van der Waals surface area contributed by atoms with Gasteiger partial charge in [0.1, 0.15) is 16.8 Å². The van der Waals surface area contributed by atoms with Crippen LogP contribution in [0.2, 0.25) is 0 Å². The fourth-order valence-corrected chi connectivity index (χ4v) is 6.48. The summed E-state index contributed by atoms with van der Waals surface area (Å²) in [7, 11) is 0. The summed E-state index contributed by atoms with van der Waals surface area (Å²) >= 11 is 0. The molecular weight excluding hydrogens is 428 g/mol.